The highest BCUT2D eigenvalue weighted by molar-refractivity contribution is 6.32. The van der Waals surface area contributed by atoms with Gasteiger partial charge in [-0.25, -0.2) is 0 Å². The van der Waals surface area contributed by atoms with Gasteiger partial charge in [-0.2, -0.15) is 0 Å². The number of para-hydroxylation sites is 1. The molecule has 0 fully saturated rings. The van der Waals surface area contributed by atoms with Crippen molar-refractivity contribution < 1.29 is 4.74 Å². The molecule has 0 heterocycles. The second-order valence-corrected chi connectivity index (χ2v) is 5.32. The Morgan fingerprint density at radius 2 is 2.06 bits per heavy atom. The maximum absolute atomic E-state index is 6.19. The number of ether oxygens (including phenoxy) is 1. The van der Waals surface area contributed by atoms with E-state index < -0.39 is 0 Å². The minimum absolute atomic E-state index is 0.443. The van der Waals surface area contributed by atoms with Crippen LogP contribution >= 0.6 is 11.6 Å². The van der Waals surface area contributed by atoms with Crippen molar-refractivity contribution >= 4 is 11.6 Å². The molecule has 1 aromatic rings. The molecule has 1 N–H and O–H groups in total. The quantitative estimate of drug-likeness (QED) is 0.825. The lowest BCUT2D eigenvalue weighted by Gasteiger charge is -2.16. The van der Waals surface area contributed by atoms with Gasteiger partial charge >= 0.3 is 0 Å². The molecule has 1 aromatic carbocycles. The number of halogens is 1. The van der Waals surface area contributed by atoms with Gasteiger partial charge < -0.3 is 15.0 Å². The maximum Gasteiger partial charge on any atom is 0.142 e. The lowest BCUT2D eigenvalue weighted by molar-refractivity contribution is 0.259. The van der Waals surface area contributed by atoms with Crippen molar-refractivity contribution in [3.05, 3.63) is 28.8 Å². The van der Waals surface area contributed by atoms with Crippen LogP contribution in [0.15, 0.2) is 18.2 Å². The Hall–Kier alpha value is -0.770. The fourth-order valence-electron chi connectivity index (χ4n) is 1.50. The van der Waals surface area contributed by atoms with Gasteiger partial charge in [0.1, 0.15) is 12.4 Å². The van der Waals surface area contributed by atoms with E-state index in [1.54, 1.807) is 0 Å². The summed E-state index contributed by atoms with van der Waals surface area (Å²) in [5, 5.41) is 4.06. The highest BCUT2D eigenvalue weighted by Crippen LogP contribution is 2.28. The van der Waals surface area contributed by atoms with E-state index in [4.69, 9.17) is 16.3 Å². The molecule has 0 amide bonds. The fourth-order valence-corrected chi connectivity index (χ4v) is 1.75. The zero-order valence-corrected chi connectivity index (χ0v) is 12.4. The SMILES string of the molecule is CC(C)NCc1cccc(Cl)c1OCCN(C)C. The molecule has 0 aromatic heterocycles. The molecule has 0 saturated heterocycles. The first kappa shape index (κ1) is 15.3. The molecule has 3 nitrogen and oxygen atoms in total. The molecule has 1 rings (SSSR count). The Bertz CT molecular complexity index is 367. The Kier molecular flexibility index (Phi) is 6.47. The minimum atomic E-state index is 0.443. The van der Waals surface area contributed by atoms with Crippen molar-refractivity contribution in [2.75, 3.05) is 27.2 Å². The third kappa shape index (κ3) is 5.25. The summed E-state index contributed by atoms with van der Waals surface area (Å²) in [7, 11) is 4.05. The van der Waals surface area contributed by atoms with Crippen molar-refractivity contribution in [2.45, 2.75) is 26.4 Å². The molecule has 0 spiro atoms. The zero-order valence-electron chi connectivity index (χ0n) is 11.7. The molecular weight excluding hydrogens is 248 g/mol. The van der Waals surface area contributed by atoms with Gasteiger partial charge in [0.05, 0.1) is 5.02 Å². The second-order valence-electron chi connectivity index (χ2n) is 4.92. The molecule has 4 heteroatoms. The highest BCUT2D eigenvalue weighted by atomic mass is 35.5. The third-order valence-electron chi connectivity index (χ3n) is 2.53. The summed E-state index contributed by atoms with van der Waals surface area (Å²) in [5.41, 5.74) is 1.11. The monoisotopic (exact) mass is 270 g/mol. The van der Waals surface area contributed by atoms with Gasteiger partial charge in [0, 0.05) is 24.7 Å². The van der Waals surface area contributed by atoms with Crippen LogP contribution < -0.4 is 10.1 Å². The van der Waals surface area contributed by atoms with Crippen LogP contribution in [0, 0.1) is 0 Å². The molecule has 0 aliphatic rings. The smallest absolute Gasteiger partial charge is 0.142 e. The predicted molar refractivity (Wildman–Crippen MR) is 77.5 cm³/mol. The van der Waals surface area contributed by atoms with Crippen LogP contribution in [0.4, 0.5) is 0 Å². The zero-order chi connectivity index (χ0) is 13.5. The summed E-state index contributed by atoms with van der Waals surface area (Å²) < 4.78 is 5.80. The number of likely N-dealkylation sites (N-methyl/N-ethyl adjacent to an activating group) is 1. The molecule has 18 heavy (non-hydrogen) atoms. The van der Waals surface area contributed by atoms with E-state index in [9.17, 15) is 0 Å². The summed E-state index contributed by atoms with van der Waals surface area (Å²) in [5.74, 6) is 0.800. The largest absolute Gasteiger partial charge is 0.490 e. The van der Waals surface area contributed by atoms with Gasteiger partial charge in [-0.15, -0.1) is 0 Å². The first-order chi connectivity index (χ1) is 8.50. The van der Waals surface area contributed by atoms with Gasteiger partial charge in [-0.3, -0.25) is 0 Å². The maximum atomic E-state index is 6.19. The van der Waals surface area contributed by atoms with Crippen LogP contribution in [-0.2, 0) is 6.54 Å². The van der Waals surface area contributed by atoms with Gasteiger partial charge in [0.25, 0.3) is 0 Å². The van der Waals surface area contributed by atoms with Crippen LogP contribution in [0.2, 0.25) is 5.02 Å². The normalized spacial score (nSPS) is 11.3. The van der Waals surface area contributed by atoms with Crippen LogP contribution in [-0.4, -0.2) is 38.2 Å². The second kappa shape index (κ2) is 7.62. The lowest BCUT2D eigenvalue weighted by Crippen LogP contribution is -2.23. The molecule has 102 valence electrons. The van der Waals surface area contributed by atoms with E-state index >= 15 is 0 Å². The Labute approximate surface area is 115 Å². The Morgan fingerprint density at radius 3 is 2.67 bits per heavy atom. The van der Waals surface area contributed by atoms with Crippen LogP contribution in [0.3, 0.4) is 0 Å². The topological polar surface area (TPSA) is 24.5 Å². The Balaban J connectivity index is 2.67. The molecule has 0 saturated carbocycles. The summed E-state index contributed by atoms with van der Waals surface area (Å²) in [4.78, 5) is 2.09. The van der Waals surface area contributed by atoms with E-state index in [2.05, 4.69) is 24.1 Å². The first-order valence-corrected chi connectivity index (χ1v) is 6.66. The molecule has 0 atom stereocenters. The number of benzene rings is 1. The van der Waals surface area contributed by atoms with Gasteiger partial charge in [-0.1, -0.05) is 37.6 Å². The number of rotatable bonds is 7. The predicted octanol–water partition coefficient (Wildman–Crippen LogP) is 2.78. The number of hydrogen-bond donors (Lipinski definition) is 1. The number of nitrogens with one attached hydrogen (secondary N) is 1. The van der Waals surface area contributed by atoms with Gasteiger partial charge in [0.15, 0.2) is 0 Å². The van der Waals surface area contributed by atoms with Crippen molar-refractivity contribution in [2.24, 2.45) is 0 Å². The lowest BCUT2D eigenvalue weighted by atomic mass is 10.2. The fraction of sp³-hybridized carbons (Fsp3) is 0.571. The van der Waals surface area contributed by atoms with Crippen LogP contribution in [0.5, 0.6) is 5.75 Å². The van der Waals surface area contributed by atoms with Crippen LogP contribution in [0.1, 0.15) is 19.4 Å². The summed E-state index contributed by atoms with van der Waals surface area (Å²) in [6.07, 6.45) is 0. The third-order valence-corrected chi connectivity index (χ3v) is 2.83. The van der Waals surface area contributed by atoms with E-state index in [1.165, 1.54) is 0 Å². The van der Waals surface area contributed by atoms with E-state index in [0.717, 1.165) is 24.4 Å². The summed E-state index contributed by atoms with van der Waals surface area (Å²) in [6.45, 7) is 6.54. The number of nitrogens with zero attached hydrogens (tertiary/aromatic N) is 1. The molecular formula is C14H23ClN2O. The summed E-state index contributed by atoms with van der Waals surface area (Å²) in [6, 6.07) is 6.31. The molecule has 0 aliphatic heterocycles. The van der Waals surface area contributed by atoms with Gasteiger partial charge in [0.2, 0.25) is 0 Å². The molecule has 0 aliphatic carbocycles. The average Bonchev–Trinajstić information content (AvgIpc) is 2.28. The van der Waals surface area contributed by atoms with Gasteiger partial charge in [-0.05, 0) is 20.2 Å². The first-order valence-electron chi connectivity index (χ1n) is 6.29. The van der Waals surface area contributed by atoms with Crippen molar-refractivity contribution in [1.82, 2.24) is 10.2 Å². The van der Waals surface area contributed by atoms with Crippen molar-refractivity contribution in [3.8, 4) is 5.75 Å². The summed E-state index contributed by atoms with van der Waals surface area (Å²) >= 11 is 6.19. The van der Waals surface area contributed by atoms with E-state index in [1.807, 2.05) is 32.3 Å². The highest BCUT2D eigenvalue weighted by Gasteiger charge is 2.08. The van der Waals surface area contributed by atoms with E-state index in [-0.39, 0.29) is 0 Å². The van der Waals surface area contributed by atoms with Crippen molar-refractivity contribution in [1.29, 1.82) is 0 Å². The standard InChI is InChI=1S/C14H23ClN2O/c1-11(2)16-10-12-6-5-7-13(15)14(12)18-9-8-17(3)4/h5-7,11,16H,8-10H2,1-4H3. The number of hydrogen-bond acceptors (Lipinski definition) is 3. The van der Waals surface area contributed by atoms with E-state index in [0.29, 0.717) is 17.7 Å². The van der Waals surface area contributed by atoms with Crippen LogP contribution in [0.25, 0.3) is 0 Å². The Morgan fingerprint density at radius 1 is 1.33 bits per heavy atom. The molecule has 0 bridgehead atoms. The van der Waals surface area contributed by atoms with Crippen molar-refractivity contribution in [3.63, 3.8) is 0 Å². The average molecular weight is 271 g/mol. The minimum Gasteiger partial charge on any atom is -0.490 e. The molecule has 0 radical (unpaired) electrons. The molecule has 0 unspecified atom stereocenters.